The number of nitrogens with zero attached hydrogens (tertiary/aromatic N) is 2. The maximum Gasteiger partial charge on any atom is 0.410 e. The lowest BCUT2D eigenvalue weighted by Crippen LogP contribution is -2.59. The summed E-state index contributed by atoms with van der Waals surface area (Å²) in [6, 6.07) is 0.249. The van der Waals surface area contributed by atoms with Crippen molar-refractivity contribution in [2.75, 3.05) is 39.9 Å². The van der Waals surface area contributed by atoms with Crippen molar-refractivity contribution in [1.82, 2.24) is 9.80 Å². The predicted molar refractivity (Wildman–Crippen MR) is 123 cm³/mol. The maximum atomic E-state index is 13.1. The average molecular weight is 451 g/mol. The highest BCUT2D eigenvalue weighted by Crippen LogP contribution is 2.59. The highest BCUT2D eigenvalue weighted by molar-refractivity contribution is 5.69. The molecule has 3 aliphatic heterocycles. The van der Waals surface area contributed by atoms with Gasteiger partial charge in [0.1, 0.15) is 23.4 Å². The molecule has 4 fully saturated rings. The smallest absolute Gasteiger partial charge is 0.410 e. The highest BCUT2D eigenvalue weighted by atomic mass is 16.6. The molecular weight excluding hydrogens is 408 g/mol. The van der Waals surface area contributed by atoms with E-state index in [0.29, 0.717) is 0 Å². The van der Waals surface area contributed by atoms with Crippen LogP contribution in [0.4, 0.5) is 4.79 Å². The largest absolute Gasteiger partial charge is 0.443 e. The number of methoxy groups -OCH3 is 1. The van der Waals surface area contributed by atoms with Crippen molar-refractivity contribution >= 4 is 6.09 Å². The summed E-state index contributed by atoms with van der Waals surface area (Å²) in [5.41, 5.74) is 0.795. The van der Waals surface area contributed by atoms with E-state index in [1.807, 2.05) is 4.90 Å². The van der Waals surface area contributed by atoms with Crippen LogP contribution in [0.5, 0.6) is 0 Å². The molecule has 1 saturated carbocycles. The summed E-state index contributed by atoms with van der Waals surface area (Å²) in [7, 11) is 1.73. The Morgan fingerprint density at radius 1 is 1.25 bits per heavy atom. The van der Waals surface area contributed by atoms with Gasteiger partial charge < -0.3 is 28.7 Å². The third kappa shape index (κ3) is 4.46. The number of likely N-dealkylation sites (tertiary alicyclic amines) is 1. The second-order valence-electron chi connectivity index (χ2n) is 10.4. The summed E-state index contributed by atoms with van der Waals surface area (Å²) >= 11 is 0. The van der Waals surface area contributed by atoms with E-state index in [-0.39, 0.29) is 47.6 Å². The van der Waals surface area contributed by atoms with Crippen molar-refractivity contribution in [2.24, 2.45) is 5.92 Å². The van der Waals surface area contributed by atoms with Gasteiger partial charge in [0.15, 0.2) is 0 Å². The van der Waals surface area contributed by atoms with Crippen LogP contribution in [0.1, 0.15) is 60.3 Å². The van der Waals surface area contributed by atoms with E-state index in [9.17, 15) is 4.79 Å². The van der Waals surface area contributed by atoms with Crippen LogP contribution in [0.2, 0.25) is 0 Å². The van der Waals surface area contributed by atoms with Gasteiger partial charge in [-0.3, -0.25) is 0 Å². The maximum absolute atomic E-state index is 13.1. The molecule has 5 unspecified atom stereocenters. The number of hydrogen-bond acceptors (Lipinski definition) is 6. The molecule has 1 spiro atoms. The Labute approximate surface area is 193 Å². The van der Waals surface area contributed by atoms with Gasteiger partial charge in [0.25, 0.3) is 0 Å². The molecular formula is C25H42N2O5. The number of carbonyl (C=O) groups is 1. The van der Waals surface area contributed by atoms with Gasteiger partial charge in [-0.1, -0.05) is 25.5 Å². The predicted octanol–water partition coefficient (Wildman–Crippen LogP) is 3.62. The van der Waals surface area contributed by atoms with Crippen LogP contribution in [-0.2, 0) is 18.9 Å². The van der Waals surface area contributed by atoms with Crippen LogP contribution in [0, 0.1) is 5.92 Å². The number of ether oxygens (including phenoxy) is 4. The molecule has 7 heteroatoms. The molecule has 0 radical (unpaired) electrons. The van der Waals surface area contributed by atoms with Crippen LogP contribution in [0.15, 0.2) is 11.6 Å². The molecule has 1 amide bonds. The number of allylic oxidation sites excluding steroid dienone is 1. The van der Waals surface area contributed by atoms with Gasteiger partial charge in [0, 0.05) is 26.2 Å². The zero-order valence-electron chi connectivity index (χ0n) is 20.8. The summed E-state index contributed by atoms with van der Waals surface area (Å²) in [5.74, 6) is 0.0602. The first-order valence-corrected chi connectivity index (χ1v) is 12.5. The fraction of sp³-hybridized carbons (Fsp3) is 0.880. The summed E-state index contributed by atoms with van der Waals surface area (Å²) in [6.07, 6.45) is 5.29. The minimum atomic E-state index is -0.309. The Kier molecular flexibility index (Phi) is 6.93. The lowest BCUT2D eigenvalue weighted by molar-refractivity contribution is -0.125. The minimum absolute atomic E-state index is 0.0602. The zero-order valence-corrected chi connectivity index (χ0v) is 20.8. The molecule has 7 atom stereocenters. The van der Waals surface area contributed by atoms with Gasteiger partial charge in [-0.2, -0.15) is 0 Å². The number of hydrogen-bond donors (Lipinski definition) is 0. The van der Waals surface area contributed by atoms with Gasteiger partial charge in [-0.15, -0.1) is 0 Å². The number of likely N-dealkylation sites (N-methyl/N-ethyl adjacent to an activating group) is 1. The number of carbonyl (C=O) groups excluding carboxylic acids is 1. The van der Waals surface area contributed by atoms with Crippen LogP contribution in [-0.4, -0.2) is 91.3 Å². The third-order valence-electron chi connectivity index (χ3n) is 8.23. The first-order chi connectivity index (χ1) is 15.3. The second-order valence-corrected chi connectivity index (χ2v) is 10.4. The van der Waals surface area contributed by atoms with E-state index < -0.39 is 0 Å². The van der Waals surface area contributed by atoms with E-state index in [1.54, 1.807) is 7.11 Å². The molecule has 0 bridgehead atoms. The average Bonchev–Trinajstić information content (AvgIpc) is 3.65. The molecule has 7 nitrogen and oxygen atoms in total. The van der Waals surface area contributed by atoms with Crippen molar-refractivity contribution in [3.63, 3.8) is 0 Å². The first-order valence-electron chi connectivity index (χ1n) is 12.5. The Balaban J connectivity index is 1.42. The molecule has 3 heterocycles. The summed E-state index contributed by atoms with van der Waals surface area (Å²) in [5, 5.41) is 0. The van der Waals surface area contributed by atoms with Gasteiger partial charge >= 0.3 is 6.09 Å². The minimum Gasteiger partial charge on any atom is -0.443 e. The van der Waals surface area contributed by atoms with Crippen LogP contribution < -0.4 is 0 Å². The van der Waals surface area contributed by atoms with E-state index in [2.05, 4.69) is 45.6 Å². The summed E-state index contributed by atoms with van der Waals surface area (Å²) in [6.45, 7) is 15.2. The Morgan fingerprint density at radius 2 is 1.97 bits per heavy atom. The molecule has 182 valence electrons. The lowest BCUT2D eigenvalue weighted by atomic mass is 9.68. The normalized spacial score (nSPS) is 40.2. The molecule has 0 aromatic carbocycles. The monoisotopic (exact) mass is 450 g/mol. The Morgan fingerprint density at radius 3 is 2.50 bits per heavy atom. The van der Waals surface area contributed by atoms with E-state index in [0.717, 1.165) is 58.5 Å². The van der Waals surface area contributed by atoms with Gasteiger partial charge in [-0.25, -0.2) is 4.79 Å². The van der Waals surface area contributed by atoms with Crippen molar-refractivity contribution < 1.29 is 23.7 Å². The number of rotatable bonds is 9. The Hall–Kier alpha value is -1.15. The van der Waals surface area contributed by atoms with Gasteiger partial charge in [0.2, 0.25) is 0 Å². The van der Waals surface area contributed by atoms with E-state index >= 15 is 0 Å². The van der Waals surface area contributed by atoms with Crippen molar-refractivity contribution in [2.45, 2.75) is 95.9 Å². The van der Waals surface area contributed by atoms with Crippen LogP contribution in [0.3, 0.4) is 0 Å². The lowest BCUT2D eigenvalue weighted by Gasteiger charge is -2.46. The zero-order chi connectivity index (χ0) is 23.1. The standard InChI is InChI=1S/C25H42N2O5/c1-7-26(8-2)15-18-12-14-27(18)23(28)31-19-11-13-25(16-30-25)22(21(19)29-6)24(5)20(32-24)10-9-17(3)4/h9,18-22H,7-8,10-16H2,1-6H3/t18?,19?,20-,21?,22?,24+,25?/m1/s1. The quantitative estimate of drug-likeness (QED) is 0.395. The molecule has 4 aliphatic rings. The topological polar surface area (TPSA) is 67.1 Å². The van der Waals surface area contributed by atoms with E-state index in [1.165, 1.54) is 5.57 Å². The molecule has 1 aliphatic carbocycles. The van der Waals surface area contributed by atoms with Gasteiger partial charge in [0.05, 0.1) is 18.6 Å². The first kappa shape index (κ1) is 24.0. The second kappa shape index (κ2) is 9.24. The fourth-order valence-corrected chi connectivity index (χ4v) is 5.92. The fourth-order valence-electron chi connectivity index (χ4n) is 5.92. The molecule has 32 heavy (non-hydrogen) atoms. The van der Waals surface area contributed by atoms with Gasteiger partial charge in [-0.05, 0) is 59.5 Å². The Bertz CT molecular complexity index is 715. The summed E-state index contributed by atoms with van der Waals surface area (Å²) < 4.78 is 24.4. The number of amides is 1. The molecule has 4 rings (SSSR count). The van der Waals surface area contributed by atoms with Crippen molar-refractivity contribution in [1.29, 1.82) is 0 Å². The molecule has 3 saturated heterocycles. The third-order valence-corrected chi connectivity index (χ3v) is 8.23. The van der Waals surface area contributed by atoms with Crippen molar-refractivity contribution in [3.05, 3.63) is 11.6 Å². The molecule has 0 aromatic rings. The summed E-state index contributed by atoms with van der Waals surface area (Å²) in [4.78, 5) is 17.3. The highest BCUT2D eigenvalue weighted by Gasteiger charge is 2.72. The molecule has 0 N–H and O–H groups in total. The van der Waals surface area contributed by atoms with Crippen molar-refractivity contribution in [3.8, 4) is 0 Å². The van der Waals surface area contributed by atoms with Crippen LogP contribution in [0.25, 0.3) is 0 Å². The molecule has 0 aromatic heterocycles. The van der Waals surface area contributed by atoms with E-state index in [4.69, 9.17) is 18.9 Å². The van der Waals surface area contributed by atoms with Crippen LogP contribution >= 0.6 is 0 Å². The SMILES string of the molecule is CCN(CC)CC1CCN1C(=O)OC1CCC2(CO2)C([C@@]2(C)O[C@@H]2CC=C(C)C)C1OC. The number of epoxide rings is 2.